The molecular weight excluding hydrogens is 378 g/mol. The third-order valence-corrected chi connectivity index (χ3v) is 4.13. The van der Waals surface area contributed by atoms with Gasteiger partial charge >= 0.3 is 0 Å². The Hall–Kier alpha value is -4.40. The van der Waals surface area contributed by atoms with Crippen LogP contribution >= 0.6 is 0 Å². The number of benzene rings is 4. The van der Waals surface area contributed by atoms with Crippen LogP contribution in [0.3, 0.4) is 0 Å². The smallest absolute Gasteiger partial charge is 0.258 e. The van der Waals surface area contributed by atoms with Crippen LogP contribution in [0.25, 0.3) is 21.5 Å². The Morgan fingerprint density at radius 1 is 0.448 bits per heavy atom. The number of nitro benzene ring substituents is 3. The molecule has 0 N–H and O–H groups in total. The molecule has 0 radical (unpaired) electrons. The Morgan fingerprint density at radius 3 is 0.897 bits per heavy atom. The van der Waals surface area contributed by atoms with Crippen LogP contribution in [-0.4, -0.2) is 14.8 Å². The van der Waals surface area contributed by atoms with E-state index in [4.69, 9.17) is 0 Å². The van der Waals surface area contributed by atoms with Crippen molar-refractivity contribution in [3.63, 3.8) is 0 Å². The minimum Gasteiger partial charge on any atom is -0.258 e. The molecule has 0 unspecified atom stereocenters. The standard InChI is InChI=1S/C14H10.C6H3N3O6/c1-2-6-12-10-14-8-4-3-7-13(14)9-11(12)5-1;10-7(11)4-1-5(8(12)13)3-6(2-4)9(14)15/h1-10H;1-3H. The van der Waals surface area contributed by atoms with Gasteiger partial charge in [0.2, 0.25) is 0 Å². The SMILES string of the molecule is O=[N+]([O-])c1cc([N+](=O)[O-])cc([N+](=O)[O-])c1.c1ccc2cc3ccccc3cc2c1. The lowest BCUT2D eigenvalue weighted by Crippen LogP contribution is -1.96. The molecule has 0 bridgehead atoms. The van der Waals surface area contributed by atoms with E-state index < -0.39 is 31.8 Å². The summed E-state index contributed by atoms with van der Waals surface area (Å²) in [5.41, 5.74) is -2.05. The van der Waals surface area contributed by atoms with E-state index in [0.717, 1.165) is 0 Å². The third-order valence-electron chi connectivity index (χ3n) is 4.13. The van der Waals surface area contributed by atoms with Gasteiger partial charge in [0.15, 0.2) is 0 Å². The first-order valence-electron chi connectivity index (χ1n) is 8.31. The highest BCUT2D eigenvalue weighted by atomic mass is 16.6. The van der Waals surface area contributed by atoms with Crippen molar-refractivity contribution in [2.45, 2.75) is 0 Å². The lowest BCUT2D eigenvalue weighted by Gasteiger charge is -2.00. The second kappa shape index (κ2) is 8.09. The molecule has 0 saturated carbocycles. The second-order valence-corrected chi connectivity index (χ2v) is 6.03. The van der Waals surface area contributed by atoms with Crippen molar-refractivity contribution in [2.75, 3.05) is 0 Å². The number of hydrogen-bond donors (Lipinski definition) is 0. The Labute approximate surface area is 163 Å². The summed E-state index contributed by atoms with van der Waals surface area (Å²) in [5.74, 6) is 0. The van der Waals surface area contributed by atoms with E-state index in [9.17, 15) is 30.3 Å². The van der Waals surface area contributed by atoms with Crippen LogP contribution in [0.2, 0.25) is 0 Å². The summed E-state index contributed by atoms with van der Waals surface area (Å²) in [5, 5.41) is 36.2. The fourth-order valence-electron chi connectivity index (χ4n) is 2.78. The highest BCUT2D eigenvalue weighted by Crippen LogP contribution is 2.27. The van der Waals surface area contributed by atoms with E-state index >= 15 is 0 Å². The van der Waals surface area contributed by atoms with Gasteiger partial charge in [0.05, 0.1) is 33.0 Å². The van der Waals surface area contributed by atoms with Gasteiger partial charge in [-0.3, -0.25) is 30.3 Å². The Morgan fingerprint density at radius 2 is 0.690 bits per heavy atom. The zero-order valence-electron chi connectivity index (χ0n) is 14.8. The van der Waals surface area contributed by atoms with Crippen LogP contribution in [0.5, 0.6) is 0 Å². The van der Waals surface area contributed by atoms with Gasteiger partial charge in [0.1, 0.15) is 0 Å². The van der Waals surface area contributed by atoms with E-state index in [1.807, 2.05) is 0 Å². The first-order chi connectivity index (χ1) is 13.8. The summed E-state index contributed by atoms with van der Waals surface area (Å²) in [4.78, 5) is 28.1. The van der Waals surface area contributed by atoms with Crippen molar-refractivity contribution in [3.8, 4) is 0 Å². The lowest BCUT2D eigenvalue weighted by molar-refractivity contribution is -0.403. The van der Waals surface area contributed by atoms with E-state index in [1.54, 1.807) is 0 Å². The predicted octanol–water partition coefficient (Wildman–Crippen LogP) is 5.40. The lowest BCUT2D eigenvalue weighted by atomic mass is 10.0. The molecular formula is C20H13N3O6. The van der Waals surface area contributed by atoms with Crippen LogP contribution in [0, 0.1) is 30.3 Å². The molecule has 4 aromatic carbocycles. The average molecular weight is 391 g/mol. The highest BCUT2D eigenvalue weighted by molar-refractivity contribution is 5.98. The van der Waals surface area contributed by atoms with Gasteiger partial charge in [0.25, 0.3) is 17.1 Å². The molecule has 0 aromatic heterocycles. The number of nitrogens with zero attached hydrogens (tertiary/aromatic N) is 3. The van der Waals surface area contributed by atoms with Gasteiger partial charge < -0.3 is 0 Å². The van der Waals surface area contributed by atoms with Gasteiger partial charge in [-0.1, -0.05) is 48.5 Å². The molecule has 0 aliphatic rings. The number of rotatable bonds is 3. The molecule has 0 aliphatic carbocycles. The number of hydrogen-bond acceptors (Lipinski definition) is 6. The third kappa shape index (κ3) is 4.48. The summed E-state index contributed by atoms with van der Waals surface area (Å²) >= 11 is 0. The number of non-ortho nitro benzene ring substituents is 3. The Balaban J connectivity index is 0.000000166. The Bertz CT molecular complexity index is 1070. The van der Waals surface area contributed by atoms with Crippen LogP contribution in [0.4, 0.5) is 17.1 Å². The summed E-state index contributed by atoms with van der Waals surface area (Å²) < 4.78 is 0. The quantitative estimate of drug-likeness (QED) is 0.261. The molecule has 9 nitrogen and oxygen atoms in total. The number of fused-ring (bicyclic) bond motifs is 2. The Kier molecular flexibility index (Phi) is 5.40. The van der Waals surface area contributed by atoms with Crippen LogP contribution in [0.1, 0.15) is 0 Å². The van der Waals surface area contributed by atoms with Crippen LogP contribution in [-0.2, 0) is 0 Å². The van der Waals surface area contributed by atoms with Crippen molar-refractivity contribution >= 4 is 38.6 Å². The molecule has 4 rings (SSSR count). The monoisotopic (exact) mass is 391 g/mol. The maximum atomic E-state index is 10.3. The van der Waals surface area contributed by atoms with Gasteiger partial charge in [-0.05, 0) is 33.7 Å². The van der Waals surface area contributed by atoms with Gasteiger partial charge in [-0.25, -0.2) is 0 Å². The molecule has 0 heterocycles. The van der Waals surface area contributed by atoms with E-state index in [1.165, 1.54) is 21.5 Å². The maximum absolute atomic E-state index is 10.3. The fraction of sp³-hybridized carbons (Fsp3) is 0. The number of nitro groups is 3. The normalized spacial score (nSPS) is 10.2. The molecule has 0 saturated heterocycles. The van der Waals surface area contributed by atoms with Crippen molar-refractivity contribution < 1.29 is 14.8 Å². The van der Waals surface area contributed by atoms with Gasteiger partial charge in [-0.2, -0.15) is 0 Å². The van der Waals surface area contributed by atoms with E-state index in [-0.39, 0.29) is 0 Å². The molecule has 9 heteroatoms. The predicted molar refractivity (Wildman–Crippen MR) is 108 cm³/mol. The molecule has 0 fully saturated rings. The van der Waals surface area contributed by atoms with Crippen molar-refractivity contribution in [2.24, 2.45) is 0 Å². The van der Waals surface area contributed by atoms with E-state index in [2.05, 4.69) is 60.7 Å². The van der Waals surface area contributed by atoms with Crippen molar-refractivity contribution in [1.82, 2.24) is 0 Å². The molecule has 4 aromatic rings. The van der Waals surface area contributed by atoms with Crippen molar-refractivity contribution in [3.05, 3.63) is 109 Å². The molecule has 0 aliphatic heterocycles. The largest absolute Gasteiger partial charge is 0.283 e. The highest BCUT2D eigenvalue weighted by Gasteiger charge is 2.21. The molecule has 0 atom stereocenters. The molecule has 144 valence electrons. The molecule has 0 amide bonds. The minimum absolute atomic E-state index is 0.660. The average Bonchev–Trinajstić information content (AvgIpc) is 2.72. The second-order valence-electron chi connectivity index (χ2n) is 6.03. The minimum atomic E-state index is -0.931. The van der Waals surface area contributed by atoms with Crippen molar-refractivity contribution in [1.29, 1.82) is 0 Å². The van der Waals surface area contributed by atoms with E-state index in [0.29, 0.717) is 18.2 Å². The fourth-order valence-corrected chi connectivity index (χ4v) is 2.78. The first kappa shape index (κ1) is 19.4. The summed E-state index contributed by atoms with van der Waals surface area (Å²) in [6, 6.07) is 23.4. The molecule has 29 heavy (non-hydrogen) atoms. The van der Waals surface area contributed by atoms with Crippen LogP contribution in [0.15, 0.2) is 78.9 Å². The topological polar surface area (TPSA) is 129 Å². The zero-order valence-corrected chi connectivity index (χ0v) is 14.8. The summed E-state index contributed by atoms with van der Waals surface area (Å²) in [6.07, 6.45) is 0. The van der Waals surface area contributed by atoms with Gasteiger partial charge in [0, 0.05) is 0 Å². The van der Waals surface area contributed by atoms with Gasteiger partial charge in [-0.15, -0.1) is 0 Å². The van der Waals surface area contributed by atoms with Crippen LogP contribution < -0.4 is 0 Å². The first-order valence-corrected chi connectivity index (χ1v) is 8.31. The summed E-state index contributed by atoms with van der Waals surface area (Å²) in [6.45, 7) is 0. The zero-order chi connectivity index (χ0) is 21.0. The summed E-state index contributed by atoms with van der Waals surface area (Å²) in [7, 11) is 0. The maximum Gasteiger partial charge on any atom is 0.283 e. The molecule has 0 spiro atoms.